The fourth-order valence-electron chi connectivity index (χ4n) is 3.18. The molecule has 2 saturated heterocycles. The lowest BCUT2D eigenvalue weighted by Crippen LogP contribution is -2.38. The van der Waals surface area contributed by atoms with Crippen LogP contribution in [0.3, 0.4) is 0 Å². The van der Waals surface area contributed by atoms with Crippen LogP contribution in [-0.2, 0) is 16.8 Å². The van der Waals surface area contributed by atoms with Gasteiger partial charge in [0.15, 0.2) is 0 Å². The lowest BCUT2D eigenvalue weighted by molar-refractivity contribution is -0.115. The smallest absolute Gasteiger partial charge is 0.0945 e. The molecule has 3 nitrogen and oxygen atoms in total. The van der Waals surface area contributed by atoms with Crippen molar-refractivity contribution in [2.24, 2.45) is 0 Å². The van der Waals surface area contributed by atoms with Crippen LogP contribution in [0.2, 0.25) is 0 Å². The molecule has 2 unspecified atom stereocenters. The normalized spacial score (nSPS) is 34.2. The summed E-state index contributed by atoms with van der Waals surface area (Å²) in [4.78, 5) is 0. The topological polar surface area (TPSA) is 53.2 Å². The SMILES string of the molecule is N#CCc1ccc(C2(O)CC3CCC(C2)O3)cc1. The van der Waals surface area contributed by atoms with Gasteiger partial charge in [-0.2, -0.15) is 5.26 Å². The van der Waals surface area contributed by atoms with Crippen molar-refractivity contribution in [1.82, 2.24) is 0 Å². The first-order valence-corrected chi connectivity index (χ1v) is 6.54. The number of ether oxygens (including phenoxy) is 1. The third-order valence-electron chi connectivity index (χ3n) is 4.10. The first-order chi connectivity index (χ1) is 8.69. The predicted molar refractivity (Wildman–Crippen MR) is 66.8 cm³/mol. The molecule has 0 spiro atoms. The number of nitrogens with zero attached hydrogens (tertiary/aromatic N) is 1. The predicted octanol–water partition coefficient (Wildman–Crippen LogP) is 2.28. The lowest BCUT2D eigenvalue weighted by Gasteiger charge is -2.36. The zero-order valence-electron chi connectivity index (χ0n) is 10.3. The Morgan fingerprint density at radius 1 is 1.22 bits per heavy atom. The average molecular weight is 243 g/mol. The molecule has 1 aromatic carbocycles. The second-order valence-electron chi connectivity index (χ2n) is 5.43. The summed E-state index contributed by atoms with van der Waals surface area (Å²) in [6, 6.07) is 9.92. The first kappa shape index (κ1) is 11.7. The summed E-state index contributed by atoms with van der Waals surface area (Å²) in [5.74, 6) is 0. The van der Waals surface area contributed by atoms with Crippen molar-refractivity contribution in [1.29, 1.82) is 5.26 Å². The average Bonchev–Trinajstić information content (AvgIpc) is 2.70. The number of hydrogen-bond acceptors (Lipinski definition) is 3. The number of hydrogen-bond donors (Lipinski definition) is 1. The molecule has 2 heterocycles. The molecule has 2 aliphatic heterocycles. The number of aliphatic hydroxyl groups is 1. The van der Waals surface area contributed by atoms with E-state index in [1.165, 1.54) is 0 Å². The zero-order valence-corrected chi connectivity index (χ0v) is 10.3. The Morgan fingerprint density at radius 3 is 2.39 bits per heavy atom. The van der Waals surface area contributed by atoms with E-state index in [4.69, 9.17) is 10.00 Å². The molecule has 2 bridgehead atoms. The first-order valence-electron chi connectivity index (χ1n) is 6.54. The van der Waals surface area contributed by atoms with Gasteiger partial charge < -0.3 is 9.84 Å². The van der Waals surface area contributed by atoms with Crippen molar-refractivity contribution in [2.45, 2.75) is 49.9 Å². The second kappa shape index (κ2) is 4.38. The number of benzene rings is 1. The monoisotopic (exact) mass is 243 g/mol. The molecular formula is C15H17NO2. The molecule has 3 rings (SSSR count). The fraction of sp³-hybridized carbons (Fsp3) is 0.533. The molecule has 3 heteroatoms. The Morgan fingerprint density at radius 2 is 1.83 bits per heavy atom. The largest absolute Gasteiger partial charge is 0.385 e. The van der Waals surface area contributed by atoms with Crippen molar-refractivity contribution < 1.29 is 9.84 Å². The number of rotatable bonds is 2. The van der Waals surface area contributed by atoms with E-state index in [2.05, 4.69) is 6.07 Å². The lowest BCUT2D eigenvalue weighted by atomic mass is 9.83. The van der Waals surface area contributed by atoms with Gasteiger partial charge in [0, 0.05) is 12.8 Å². The second-order valence-corrected chi connectivity index (χ2v) is 5.43. The summed E-state index contributed by atoms with van der Waals surface area (Å²) >= 11 is 0. The van der Waals surface area contributed by atoms with Crippen LogP contribution < -0.4 is 0 Å². The van der Waals surface area contributed by atoms with E-state index in [0.717, 1.165) is 24.0 Å². The van der Waals surface area contributed by atoms with Gasteiger partial charge >= 0.3 is 0 Å². The molecule has 1 N–H and O–H groups in total. The van der Waals surface area contributed by atoms with Gasteiger partial charge in [-0.05, 0) is 24.0 Å². The van der Waals surface area contributed by atoms with Gasteiger partial charge in [0.25, 0.3) is 0 Å². The minimum atomic E-state index is -0.741. The maximum Gasteiger partial charge on any atom is 0.0945 e. The Balaban J connectivity index is 1.83. The van der Waals surface area contributed by atoms with Crippen LogP contribution in [0.15, 0.2) is 24.3 Å². The molecular weight excluding hydrogens is 226 g/mol. The quantitative estimate of drug-likeness (QED) is 0.867. The van der Waals surface area contributed by atoms with E-state index in [0.29, 0.717) is 19.3 Å². The molecule has 0 amide bonds. The van der Waals surface area contributed by atoms with Gasteiger partial charge in [-0.25, -0.2) is 0 Å². The summed E-state index contributed by atoms with van der Waals surface area (Å²) < 4.78 is 5.77. The summed E-state index contributed by atoms with van der Waals surface area (Å²) in [6.07, 6.45) is 4.38. The highest BCUT2D eigenvalue weighted by molar-refractivity contribution is 5.29. The van der Waals surface area contributed by atoms with E-state index < -0.39 is 5.60 Å². The van der Waals surface area contributed by atoms with E-state index in [-0.39, 0.29) is 12.2 Å². The highest BCUT2D eigenvalue weighted by atomic mass is 16.5. The van der Waals surface area contributed by atoms with Crippen molar-refractivity contribution in [2.75, 3.05) is 0 Å². The van der Waals surface area contributed by atoms with Gasteiger partial charge in [0.2, 0.25) is 0 Å². The zero-order chi connectivity index (χ0) is 12.6. The molecule has 0 saturated carbocycles. The maximum atomic E-state index is 10.8. The van der Waals surface area contributed by atoms with Crippen LogP contribution in [0.4, 0.5) is 0 Å². The molecule has 0 aromatic heterocycles. The van der Waals surface area contributed by atoms with Crippen LogP contribution in [0.25, 0.3) is 0 Å². The van der Waals surface area contributed by atoms with Crippen molar-refractivity contribution in [3.05, 3.63) is 35.4 Å². The summed E-state index contributed by atoms with van der Waals surface area (Å²) in [5.41, 5.74) is 1.22. The van der Waals surface area contributed by atoms with E-state index in [1.54, 1.807) is 0 Å². The third-order valence-corrected chi connectivity index (χ3v) is 4.10. The summed E-state index contributed by atoms with van der Waals surface area (Å²) in [6.45, 7) is 0. The van der Waals surface area contributed by atoms with Gasteiger partial charge in [0.1, 0.15) is 0 Å². The van der Waals surface area contributed by atoms with Gasteiger partial charge in [-0.1, -0.05) is 24.3 Å². The van der Waals surface area contributed by atoms with Crippen LogP contribution in [0, 0.1) is 11.3 Å². The molecule has 0 radical (unpaired) electrons. The van der Waals surface area contributed by atoms with Crippen molar-refractivity contribution in [3.8, 4) is 6.07 Å². The van der Waals surface area contributed by atoms with E-state index in [9.17, 15) is 5.11 Å². The van der Waals surface area contributed by atoms with Gasteiger partial charge in [0.05, 0.1) is 30.3 Å². The van der Waals surface area contributed by atoms with Gasteiger partial charge in [-0.15, -0.1) is 0 Å². The van der Waals surface area contributed by atoms with Crippen molar-refractivity contribution in [3.63, 3.8) is 0 Å². The van der Waals surface area contributed by atoms with Gasteiger partial charge in [-0.3, -0.25) is 0 Å². The number of fused-ring (bicyclic) bond motifs is 2. The molecule has 18 heavy (non-hydrogen) atoms. The molecule has 2 aliphatic rings. The Labute approximate surface area is 107 Å². The molecule has 1 aromatic rings. The van der Waals surface area contributed by atoms with Crippen LogP contribution in [-0.4, -0.2) is 17.3 Å². The van der Waals surface area contributed by atoms with Crippen LogP contribution in [0.1, 0.15) is 36.8 Å². The third kappa shape index (κ3) is 2.03. The molecule has 2 fully saturated rings. The standard InChI is InChI=1S/C15H17NO2/c16-8-7-11-1-3-12(4-2-11)15(17)9-13-5-6-14(10-15)18-13/h1-4,13-14,17H,5-7,9-10H2. The Bertz CT molecular complexity index is 462. The Kier molecular flexibility index (Phi) is 2.85. The van der Waals surface area contributed by atoms with Crippen molar-refractivity contribution >= 4 is 0 Å². The maximum absolute atomic E-state index is 10.8. The molecule has 94 valence electrons. The molecule has 0 aliphatic carbocycles. The minimum absolute atomic E-state index is 0.215. The Hall–Kier alpha value is -1.37. The number of nitriles is 1. The van der Waals surface area contributed by atoms with Crippen LogP contribution >= 0.6 is 0 Å². The fourth-order valence-corrected chi connectivity index (χ4v) is 3.18. The highest BCUT2D eigenvalue weighted by Crippen LogP contribution is 2.43. The highest BCUT2D eigenvalue weighted by Gasteiger charge is 2.44. The van der Waals surface area contributed by atoms with E-state index >= 15 is 0 Å². The molecule has 2 atom stereocenters. The van der Waals surface area contributed by atoms with Crippen LogP contribution in [0.5, 0.6) is 0 Å². The van der Waals surface area contributed by atoms with E-state index in [1.807, 2.05) is 24.3 Å². The summed E-state index contributed by atoms with van der Waals surface area (Å²) in [5, 5.41) is 19.4. The minimum Gasteiger partial charge on any atom is -0.385 e. The summed E-state index contributed by atoms with van der Waals surface area (Å²) in [7, 11) is 0.